The average Bonchev–Trinajstić information content (AvgIpc) is 2.92. The molecule has 0 saturated carbocycles. The van der Waals surface area contributed by atoms with Gasteiger partial charge in [0.1, 0.15) is 4.90 Å². The van der Waals surface area contributed by atoms with E-state index in [0.717, 1.165) is 0 Å². The predicted molar refractivity (Wildman–Crippen MR) is 73.3 cm³/mol. The number of hydrogen-bond donors (Lipinski definition) is 4. The molecule has 0 aliphatic heterocycles. The van der Waals surface area contributed by atoms with Gasteiger partial charge in [-0.1, -0.05) is 5.21 Å². The Labute approximate surface area is 116 Å². The fourth-order valence-corrected chi connectivity index (χ4v) is 2.50. The van der Waals surface area contributed by atoms with E-state index in [-0.39, 0.29) is 16.6 Å². The fraction of sp³-hybridized carbons (Fsp3) is 0.300. The van der Waals surface area contributed by atoms with E-state index in [9.17, 15) is 8.42 Å². The normalized spacial score (nSPS) is 13.1. The number of H-pyrrole nitrogens is 1. The lowest BCUT2D eigenvalue weighted by atomic mass is 10.2. The zero-order valence-corrected chi connectivity index (χ0v) is 11.8. The van der Waals surface area contributed by atoms with Crippen LogP contribution in [0.3, 0.4) is 0 Å². The maximum absolute atomic E-state index is 11.7. The van der Waals surface area contributed by atoms with Crippen LogP contribution in [-0.4, -0.2) is 36.1 Å². The van der Waals surface area contributed by atoms with Crippen molar-refractivity contribution in [2.24, 2.45) is 0 Å². The largest absolute Gasteiger partial charge is 0.398 e. The van der Waals surface area contributed by atoms with Gasteiger partial charge in [0.15, 0.2) is 5.82 Å². The van der Waals surface area contributed by atoms with E-state index in [1.807, 2.05) is 6.92 Å². The van der Waals surface area contributed by atoms with E-state index >= 15 is 0 Å². The highest BCUT2D eigenvalue weighted by atomic mass is 32.2. The molecule has 0 aliphatic rings. The van der Waals surface area contributed by atoms with Crippen LogP contribution < -0.4 is 15.8 Å². The molecule has 108 valence electrons. The van der Waals surface area contributed by atoms with Gasteiger partial charge in [0, 0.05) is 5.69 Å². The number of nitrogens with two attached hydrogens (primary N) is 1. The first-order chi connectivity index (χ1) is 9.44. The summed E-state index contributed by atoms with van der Waals surface area (Å²) < 4.78 is 25.6. The molecule has 10 heteroatoms. The third-order valence-electron chi connectivity index (χ3n) is 2.70. The molecular weight excluding hydrogens is 282 g/mol. The molecular formula is C10H15N7O2S. The highest BCUT2D eigenvalue weighted by Crippen LogP contribution is 2.24. The third kappa shape index (κ3) is 2.86. The topological polar surface area (TPSA) is 139 Å². The third-order valence-corrected chi connectivity index (χ3v) is 4.19. The Morgan fingerprint density at radius 1 is 1.40 bits per heavy atom. The van der Waals surface area contributed by atoms with Crippen LogP contribution in [0.5, 0.6) is 0 Å². The molecule has 1 atom stereocenters. The molecule has 5 N–H and O–H groups in total. The van der Waals surface area contributed by atoms with Crippen LogP contribution >= 0.6 is 0 Å². The standard InChI is InChI=1S/C10H15N7O2S/c1-6(10-14-16-17-15-10)13-7-3-4-9(8(11)5-7)20(18,19)12-2/h3-6,12-13H,11H2,1-2H3,(H,14,15,16,17). The summed E-state index contributed by atoms with van der Waals surface area (Å²) in [7, 11) is -2.23. The lowest BCUT2D eigenvalue weighted by Crippen LogP contribution is -2.20. The number of aromatic nitrogens is 4. The van der Waals surface area contributed by atoms with Crippen LogP contribution in [0.2, 0.25) is 0 Å². The van der Waals surface area contributed by atoms with Gasteiger partial charge in [-0.15, -0.1) is 10.2 Å². The van der Waals surface area contributed by atoms with Crippen molar-refractivity contribution in [1.82, 2.24) is 25.3 Å². The Bertz CT molecular complexity index is 684. The quantitative estimate of drug-likeness (QED) is 0.563. The number of nitrogens with one attached hydrogen (secondary N) is 3. The number of sulfonamides is 1. The van der Waals surface area contributed by atoms with Gasteiger partial charge in [0.25, 0.3) is 0 Å². The first-order valence-corrected chi connectivity index (χ1v) is 7.25. The zero-order chi connectivity index (χ0) is 14.8. The summed E-state index contributed by atoms with van der Waals surface area (Å²) in [6, 6.07) is 4.41. The molecule has 2 rings (SSSR count). The van der Waals surface area contributed by atoms with Gasteiger partial charge in [0.2, 0.25) is 10.0 Å². The van der Waals surface area contributed by atoms with Crippen molar-refractivity contribution < 1.29 is 8.42 Å². The molecule has 9 nitrogen and oxygen atoms in total. The van der Waals surface area contributed by atoms with Crippen LogP contribution in [0.1, 0.15) is 18.8 Å². The van der Waals surface area contributed by atoms with Gasteiger partial charge < -0.3 is 11.1 Å². The average molecular weight is 297 g/mol. The minimum Gasteiger partial charge on any atom is -0.398 e. The number of rotatable bonds is 5. The van der Waals surface area contributed by atoms with Gasteiger partial charge in [-0.05, 0) is 32.2 Å². The number of hydrogen-bond acceptors (Lipinski definition) is 7. The Kier molecular flexibility index (Phi) is 3.86. The monoisotopic (exact) mass is 297 g/mol. The van der Waals surface area contributed by atoms with Crippen molar-refractivity contribution in [2.75, 3.05) is 18.1 Å². The molecule has 0 bridgehead atoms. The highest BCUT2D eigenvalue weighted by molar-refractivity contribution is 7.89. The van der Waals surface area contributed by atoms with Gasteiger partial charge >= 0.3 is 0 Å². The van der Waals surface area contributed by atoms with Crippen LogP contribution in [0.4, 0.5) is 11.4 Å². The van der Waals surface area contributed by atoms with E-state index in [1.165, 1.54) is 13.1 Å². The fourth-order valence-electron chi connectivity index (χ4n) is 1.66. The number of nitrogen functional groups attached to an aromatic ring is 1. The molecule has 0 spiro atoms. The number of anilines is 2. The first-order valence-electron chi connectivity index (χ1n) is 5.77. The number of benzene rings is 1. The van der Waals surface area contributed by atoms with Crippen LogP contribution in [-0.2, 0) is 10.0 Å². The Morgan fingerprint density at radius 3 is 2.70 bits per heavy atom. The van der Waals surface area contributed by atoms with Crippen molar-refractivity contribution in [3.8, 4) is 0 Å². The van der Waals surface area contributed by atoms with Crippen molar-refractivity contribution in [3.05, 3.63) is 24.0 Å². The van der Waals surface area contributed by atoms with E-state index in [2.05, 4.69) is 30.7 Å². The maximum atomic E-state index is 11.7. The number of nitrogens with zero attached hydrogens (tertiary/aromatic N) is 3. The van der Waals surface area contributed by atoms with Crippen LogP contribution in [0.25, 0.3) is 0 Å². The molecule has 0 radical (unpaired) electrons. The second kappa shape index (κ2) is 5.43. The predicted octanol–water partition coefficient (Wildman–Crippen LogP) is -0.137. The van der Waals surface area contributed by atoms with Crippen molar-refractivity contribution in [1.29, 1.82) is 0 Å². The molecule has 2 aromatic rings. The van der Waals surface area contributed by atoms with Crippen LogP contribution in [0.15, 0.2) is 23.1 Å². The van der Waals surface area contributed by atoms with Crippen molar-refractivity contribution in [2.45, 2.75) is 17.9 Å². The summed E-state index contributed by atoms with van der Waals surface area (Å²) >= 11 is 0. The van der Waals surface area contributed by atoms with Gasteiger partial charge in [-0.2, -0.15) is 5.21 Å². The summed E-state index contributed by atoms with van der Waals surface area (Å²) in [6.07, 6.45) is 0. The molecule has 0 amide bonds. The van der Waals surface area contributed by atoms with Crippen LogP contribution in [0, 0.1) is 0 Å². The van der Waals surface area contributed by atoms with E-state index < -0.39 is 10.0 Å². The number of aromatic amines is 1. The summed E-state index contributed by atoms with van der Waals surface area (Å²) in [5.74, 6) is 0.496. The summed E-state index contributed by atoms with van der Waals surface area (Å²) in [5, 5.41) is 16.7. The zero-order valence-electron chi connectivity index (χ0n) is 11.0. The lowest BCUT2D eigenvalue weighted by Gasteiger charge is -2.13. The Morgan fingerprint density at radius 2 is 2.15 bits per heavy atom. The molecule has 0 fully saturated rings. The van der Waals surface area contributed by atoms with Gasteiger partial charge in [-0.3, -0.25) is 0 Å². The molecule has 0 saturated heterocycles. The van der Waals surface area contributed by atoms with E-state index in [1.54, 1.807) is 12.1 Å². The Hall–Kier alpha value is -2.20. The molecule has 1 unspecified atom stereocenters. The smallest absolute Gasteiger partial charge is 0.242 e. The van der Waals surface area contributed by atoms with Gasteiger partial charge in [0.05, 0.1) is 11.7 Å². The molecule has 0 aliphatic carbocycles. The van der Waals surface area contributed by atoms with E-state index in [0.29, 0.717) is 11.5 Å². The minimum atomic E-state index is -3.56. The summed E-state index contributed by atoms with van der Waals surface area (Å²) in [5.41, 5.74) is 6.59. The Balaban J connectivity index is 2.22. The molecule has 1 aromatic carbocycles. The molecule has 1 heterocycles. The maximum Gasteiger partial charge on any atom is 0.242 e. The van der Waals surface area contributed by atoms with Crippen molar-refractivity contribution in [3.63, 3.8) is 0 Å². The SMILES string of the molecule is CNS(=O)(=O)c1ccc(NC(C)c2nn[nH]n2)cc1N. The lowest BCUT2D eigenvalue weighted by molar-refractivity contribution is 0.588. The second-order valence-corrected chi connectivity index (χ2v) is 5.95. The van der Waals surface area contributed by atoms with E-state index in [4.69, 9.17) is 5.73 Å². The highest BCUT2D eigenvalue weighted by Gasteiger charge is 2.16. The second-order valence-electron chi connectivity index (χ2n) is 4.10. The molecule has 20 heavy (non-hydrogen) atoms. The number of tetrazole rings is 1. The van der Waals surface area contributed by atoms with Crippen molar-refractivity contribution >= 4 is 21.4 Å². The summed E-state index contributed by atoms with van der Waals surface area (Å²) in [6.45, 7) is 1.85. The summed E-state index contributed by atoms with van der Waals surface area (Å²) in [4.78, 5) is 0.0396. The van der Waals surface area contributed by atoms with Gasteiger partial charge in [-0.25, -0.2) is 13.1 Å². The first kappa shape index (κ1) is 14.2. The molecule has 1 aromatic heterocycles. The minimum absolute atomic E-state index is 0.0396.